The van der Waals surface area contributed by atoms with Crippen molar-refractivity contribution in [2.75, 3.05) is 31.6 Å². The fourth-order valence-corrected chi connectivity index (χ4v) is 3.10. The van der Waals surface area contributed by atoms with E-state index in [2.05, 4.69) is 28.2 Å². The summed E-state index contributed by atoms with van der Waals surface area (Å²) in [5.74, 6) is 0. The van der Waals surface area contributed by atoms with Gasteiger partial charge in [0.05, 0.1) is 13.2 Å². The third-order valence-electron chi connectivity index (χ3n) is 4.35. The van der Waals surface area contributed by atoms with Gasteiger partial charge in [-0.25, -0.2) is 0 Å². The molecule has 0 rings (SSSR count). The zero-order chi connectivity index (χ0) is 16.8. The molecule has 0 saturated carbocycles. The van der Waals surface area contributed by atoms with E-state index >= 15 is 0 Å². The number of halogens is 2. The molecule has 0 saturated heterocycles. The first kappa shape index (κ1) is 27.1. The van der Waals surface area contributed by atoms with E-state index in [1.807, 2.05) is 0 Å². The highest BCUT2D eigenvalue weighted by Gasteiger charge is 1.94. The van der Waals surface area contributed by atoms with Crippen LogP contribution in [0.5, 0.6) is 0 Å². The van der Waals surface area contributed by atoms with Gasteiger partial charge < -0.3 is 10.1 Å². The summed E-state index contributed by atoms with van der Waals surface area (Å²) in [7, 11) is 0. The molecule has 0 fully saturated rings. The monoisotopic (exact) mass is 471 g/mol. The summed E-state index contributed by atoms with van der Waals surface area (Å²) in [4.78, 5) is 0. The average Bonchev–Trinajstić information content (AvgIpc) is 2.57. The Bertz CT molecular complexity index is 186. The number of rotatable bonds is 20. The molecule has 0 aromatic rings. The van der Waals surface area contributed by atoms with E-state index in [4.69, 9.17) is 4.74 Å². The predicted molar refractivity (Wildman–Crippen MR) is 118 cm³/mol. The molecule has 0 amide bonds. The number of hydrogen-bond donors (Lipinski definition) is 1. The number of hydrogen-bond acceptors (Lipinski definition) is 2. The molecule has 148 valence electrons. The first-order valence-corrected chi connectivity index (χ1v) is 11.4. The topological polar surface area (TPSA) is 21.3 Å². The quantitative estimate of drug-likeness (QED) is 0.151. The summed E-state index contributed by atoms with van der Waals surface area (Å²) in [6.45, 7) is 6.09. The summed E-state index contributed by atoms with van der Waals surface area (Å²) >= 11 is 3.36. The molecule has 0 heterocycles. The third kappa shape index (κ3) is 25.1. The minimum atomic E-state index is 0. The van der Waals surface area contributed by atoms with Gasteiger partial charge in [0, 0.05) is 11.9 Å². The van der Waals surface area contributed by atoms with Crippen molar-refractivity contribution < 1.29 is 4.74 Å². The SMILES string of the molecule is Br.CCCCCCCCCCCCCCCCNCCOCCBr. The van der Waals surface area contributed by atoms with E-state index < -0.39 is 0 Å². The van der Waals surface area contributed by atoms with Crippen LogP contribution in [0, 0.1) is 0 Å². The lowest BCUT2D eigenvalue weighted by molar-refractivity contribution is 0.152. The fraction of sp³-hybridized carbons (Fsp3) is 1.00. The summed E-state index contributed by atoms with van der Waals surface area (Å²) in [6.07, 6.45) is 20.0. The van der Waals surface area contributed by atoms with Gasteiger partial charge in [0.1, 0.15) is 0 Å². The molecule has 0 aromatic carbocycles. The Morgan fingerprint density at radius 3 is 1.54 bits per heavy atom. The zero-order valence-electron chi connectivity index (χ0n) is 16.1. The molecule has 4 heteroatoms. The first-order valence-electron chi connectivity index (χ1n) is 10.3. The lowest BCUT2D eigenvalue weighted by Gasteiger charge is -2.05. The second kappa shape index (κ2) is 26.1. The van der Waals surface area contributed by atoms with E-state index in [1.165, 1.54) is 89.9 Å². The van der Waals surface area contributed by atoms with Gasteiger partial charge in [-0.3, -0.25) is 0 Å². The normalized spacial score (nSPS) is 10.8. The highest BCUT2D eigenvalue weighted by atomic mass is 79.9. The van der Waals surface area contributed by atoms with Crippen LogP contribution in [0.15, 0.2) is 0 Å². The van der Waals surface area contributed by atoms with Crippen LogP contribution < -0.4 is 5.32 Å². The number of ether oxygens (including phenoxy) is 1. The van der Waals surface area contributed by atoms with E-state index in [-0.39, 0.29) is 17.0 Å². The minimum absolute atomic E-state index is 0. The van der Waals surface area contributed by atoms with Crippen molar-refractivity contribution in [2.45, 2.75) is 96.8 Å². The van der Waals surface area contributed by atoms with Crippen LogP contribution in [0.3, 0.4) is 0 Å². The lowest BCUT2D eigenvalue weighted by Crippen LogP contribution is -2.21. The summed E-state index contributed by atoms with van der Waals surface area (Å²) in [5, 5.41) is 4.38. The molecule has 0 aliphatic heterocycles. The molecule has 0 radical (unpaired) electrons. The van der Waals surface area contributed by atoms with Crippen molar-refractivity contribution in [3.8, 4) is 0 Å². The number of alkyl halides is 1. The molecule has 0 aliphatic rings. The van der Waals surface area contributed by atoms with E-state index in [9.17, 15) is 0 Å². The number of nitrogens with one attached hydrogen (secondary N) is 1. The van der Waals surface area contributed by atoms with Gasteiger partial charge >= 0.3 is 0 Å². The van der Waals surface area contributed by atoms with Gasteiger partial charge in [0.15, 0.2) is 0 Å². The number of unbranched alkanes of at least 4 members (excludes halogenated alkanes) is 13. The predicted octanol–water partition coefficient (Wildman–Crippen LogP) is 7.05. The van der Waals surface area contributed by atoms with Crippen LogP contribution >= 0.6 is 32.9 Å². The van der Waals surface area contributed by atoms with Crippen LogP contribution in [0.1, 0.15) is 96.8 Å². The van der Waals surface area contributed by atoms with Crippen molar-refractivity contribution in [1.29, 1.82) is 0 Å². The average molecular weight is 473 g/mol. The van der Waals surface area contributed by atoms with Gasteiger partial charge in [0.2, 0.25) is 0 Å². The largest absolute Gasteiger partial charge is 0.379 e. The van der Waals surface area contributed by atoms with Gasteiger partial charge in [-0.1, -0.05) is 106 Å². The Morgan fingerprint density at radius 1 is 0.625 bits per heavy atom. The summed E-state index contributed by atoms with van der Waals surface area (Å²) in [6, 6.07) is 0. The maximum absolute atomic E-state index is 5.40. The van der Waals surface area contributed by atoms with Crippen molar-refractivity contribution in [2.24, 2.45) is 0 Å². The molecule has 24 heavy (non-hydrogen) atoms. The lowest BCUT2D eigenvalue weighted by atomic mass is 10.0. The Hall–Kier alpha value is 0.880. The van der Waals surface area contributed by atoms with Crippen molar-refractivity contribution in [3.63, 3.8) is 0 Å². The smallest absolute Gasteiger partial charge is 0.0591 e. The summed E-state index contributed by atoms with van der Waals surface area (Å²) in [5.41, 5.74) is 0. The molecule has 0 aromatic heterocycles. The molecule has 0 unspecified atom stereocenters. The Balaban J connectivity index is 0. The molecular formula is C20H43Br2NO. The fourth-order valence-electron chi connectivity index (χ4n) is 2.87. The van der Waals surface area contributed by atoms with E-state index in [0.29, 0.717) is 0 Å². The van der Waals surface area contributed by atoms with Crippen LogP contribution in [0.25, 0.3) is 0 Å². The van der Waals surface area contributed by atoms with Crippen LogP contribution in [0.4, 0.5) is 0 Å². The molecule has 0 aliphatic carbocycles. The van der Waals surface area contributed by atoms with Crippen molar-refractivity contribution >= 4 is 32.9 Å². The second-order valence-electron chi connectivity index (χ2n) is 6.65. The highest BCUT2D eigenvalue weighted by Crippen LogP contribution is 2.12. The standard InChI is InChI=1S/C20H42BrNO.BrH/c1-2-3-4-5-6-7-8-9-10-11-12-13-14-15-17-22-18-20-23-19-16-21;/h22H,2-20H2,1H3;1H. The summed E-state index contributed by atoms with van der Waals surface area (Å²) < 4.78 is 5.40. The maximum Gasteiger partial charge on any atom is 0.0591 e. The van der Waals surface area contributed by atoms with Crippen LogP contribution in [-0.2, 0) is 4.74 Å². The highest BCUT2D eigenvalue weighted by molar-refractivity contribution is 9.09. The molecule has 2 nitrogen and oxygen atoms in total. The molecule has 0 spiro atoms. The maximum atomic E-state index is 5.40. The van der Waals surface area contributed by atoms with Crippen molar-refractivity contribution in [1.82, 2.24) is 5.32 Å². The van der Waals surface area contributed by atoms with Crippen molar-refractivity contribution in [3.05, 3.63) is 0 Å². The van der Waals surface area contributed by atoms with Gasteiger partial charge in [-0.15, -0.1) is 17.0 Å². The van der Waals surface area contributed by atoms with Gasteiger partial charge in [0.25, 0.3) is 0 Å². The van der Waals surface area contributed by atoms with Crippen LogP contribution in [-0.4, -0.2) is 31.6 Å². The Kier molecular flexibility index (Phi) is 29.5. The third-order valence-corrected chi connectivity index (χ3v) is 4.68. The van der Waals surface area contributed by atoms with Crippen LogP contribution in [0.2, 0.25) is 0 Å². The van der Waals surface area contributed by atoms with E-state index in [0.717, 1.165) is 31.6 Å². The zero-order valence-corrected chi connectivity index (χ0v) is 19.4. The Morgan fingerprint density at radius 2 is 1.08 bits per heavy atom. The van der Waals surface area contributed by atoms with Gasteiger partial charge in [-0.2, -0.15) is 0 Å². The molecular weight excluding hydrogens is 430 g/mol. The second-order valence-corrected chi connectivity index (χ2v) is 7.44. The first-order chi connectivity index (χ1) is 11.4. The molecule has 0 bridgehead atoms. The van der Waals surface area contributed by atoms with E-state index in [1.54, 1.807) is 0 Å². The molecule has 0 atom stereocenters. The Labute approximate surface area is 171 Å². The van der Waals surface area contributed by atoms with Gasteiger partial charge in [-0.05, 0) is 13.0 Å². The minimum Gasteiger partial charge on any atom is -0.379 e. The molecule has 1 N–H and O–H groups in total.